The lowest BCUT2D eigenvalue weighted by Gasteiger charge is -2.34. The first-order valence-electron chi connectivity index (χ1n) is 35.3. The summed E-state index contributed by atoms with van der Waals surface area (Å²) in [7, 11) is 1.75. The highest BCUT2D eigenvalue weighted by atomic mass is 35.5. The zero-order valence-electron chi connectivity index (χ0n) is 61.2. The molecule has 0 spiro atoms. The summed E-state index contributed by atoms with van der Waals surface area (Å²) in [5.41, 5.74) is 8.29. The van der Waals surface area contributed by atoms with Gasteiger partial charge in [0.1, 0.15) is 53.9 Å². The third kappa shape index (κ3) is 21.7. The van der Waals surface area contributed by atoms with Crippen LogP contribution in [0.2, 0.25) is 0 Å². The first-order chi connectivity index (χ1) is 50.1. The molecule has 0 unspecified atom stereocenters. The van der Waals surface area contributed by atoms with E-state index < -0.39 is 6.03 Å². The molecule has 23 nitrogen and oxygen atoms in total. The highest BCUT2D eigenvalue weighted by molar-refractivity contribution is 6.29. The Morgan fingerprint density at radius 3 is 1.37 bits per heavy atom. The molecule has 4 aromatic heterocycles. The van der Waals surface area contributed by atoms with E-state index in [1.54, 1.807) is 34.9 Å². The van der Waals surface area contributed by atoms with Gasteiger partial charge in [-0.05, 0) is 111 Å². The fourth-order valence-electron chi connectivity index (χ4n) is 11.8. The van der Waals surface area contributed by atoms with Gasteiger partial charge in [0.15, 0.2) is 0 Å². The van der Waals surface area contributed by atoms with Crippen molar-refractivity contribution in [2.24, 2.45) is 0 Å². The maximum Gasteiger partial charge on any atom is 0.324 e. The summed E-state index contributed by atoms with van der Waals surface area (Å²) in [4.78, 5) is 66.7. The van der Waals surface area contributed by atoms with Gasteiger partial charge in [-0.25, -0.2) is 28.9 Å². The number of alkyl halides is 1. The zero-order chi connectivity index (χ0) is 73.8. The maximum atomic E-state index is 13.4. The Morgan fingerprint density at radius 2 is 0.933 bits per heavy atom. The van der Waals surface area contributed by atoms with E-state index in [0.717, 1.165) is 132 Å². The molecule has 0 atom stereocenters. The van der Waals surface area contributed by atoms with Gasteiger partial charge in [-0.3, -0.25) is 30.0 Å². The molecule has 2 saturated heterocycles. The van der Waals surface area contributed by atoms with E-state index in [2.05, 4.69) is 110 Å². The summed E-state index contributed by atoms with van der Waals surface area (Å²) < 4.78 is 20.9. The molecule has 0 radical (unpaired) electrons. The number of amides is 6. The van der Waals surface area contributed by atoms with E-state index in [9.17, 15) is 19.2 Å². The SMILES string of the molecule is CCCN1CCN(CC(=O)Nc2cc(COc3ccc(NC(=O)Nc4cc(C(C)(C)C)nn4-c4ccc(C)cc4)c4ccccc34)ccn2)CC1.COCCN1CCNCC1.Cc1ccc(-n2nc(C(C)(C)C)cc2NC(=O)Nc2ccc(OCc3ccnc(NC(=O)CCl)c3)c3ccccc23)cc1. The second kappa shape index (κ2) is 36.2. The molecule has 6 heterocycles. The van der Waals surface area contributed by atoms with Crippen molar-refractivity contribution in [3.8, 4) is 22.9 Å². The third-order valence-corrected chi connectivity index (χ3v) is 17.8. The van der Waals surface area contributed by atoms with Gasteiger partial charge in [0.2, 0.25) is 11.8 Å². The van der Waals surface area contributed by atoms with Crippen LogP contribution in [0.4, 0.5) is 44.2 Å². The van der Waals surface area contributed by atoms with Crippen LogP contribution in [0.5, 0.6) is 11.5 Å². The molecule has 546 valence electrons. The number of halogens is 1. The van der Waals surface area contributed by atoms with Crippen molar-refractivity contribution in [2.45, 2.75) is 92.8 Å². The van der Waals surface area contributed by atoms with Crippen LogP contribution in [0.3, 0.4) is 0 Å². The van der Waals surface area contributed by atoms with Gasteiger partial charge in [0.25, 0.3) is 0 Å². The number of methoxy groups -OCH3 is 1. The van der Waals surface area contributed by atoms with Crippen molar-refractivity contribution >= 4 is 91.7 Å². The number of anilines is 6. The van der Waals surface area contributed by atoms with Gasteiger partial charge in [-0.15, -0.1) is 11.6 Å². The van der Waals surface area contributed by atoms with Crippen LogP contribution in [0, 0.1) is 13.8 Å². The Morgan fingerprint density at radius 1 is 0.500 bits per heavy atom. The molecule has 10 aromatic rings. The molecule has 2 aliphatic rings. The van der Waals surface area contributed by atoms with Crippen LogP contribution < -0.4 is 46.7 Å². The molecule has 6 aromatic carbocycles. The molecule has 0 saturated carbocycles. The average Bonchev–Trinajstić information content (AvgIpc) is 1.65. The Bertz CT molecular complexity index is 4520. The molecule has 12 rings (SSSR count). The van der Waals surface area contributed by atoms with E-state index in [4.69, 9.17) is 36.0 Å². The average molecular weight is 1430 g/mol. The minimum atomic E-state index is -0.393. The summed E-state index contributed by atoms with van der Waals surface area (Å²) in [5.74, 6) is 2.81. The lowest BCUT2D eigenvalue weighted by Crippen LogP contribution is -2.48. The number of fused-ring (bicyclic) bond motifs is 2. The minimum absolute atomic E-state index is 0.0723. The number of benzene rings is 6. The van der Waals surface area contributed by atoms with Crippen LogP contribution in [-0.2, 0) is 38.4 Å². The van der Waals surface area contributed by atoms with Crippen LogP contribution in [0.1, 0.15) is 88.5 Å². The van der Waals surface area contributed by atoms with Gasteiger partial charge < -0.3 is 45.7 Å². The molecule has 0 bridgehead atoms. The summed E-state index contributed by atoms with van der Waals surface area (Å²) in [5, 5.41) is 33.9. The number of aryl methyl sites for hydroxylation is 2. The summed E-state index contributed by atoms with van der Waals surface area (Å²) >= 11 is 5.58. The lowest BCUT2D eigenvalue weighted by atomic mass is 9.92. The van der Waals surface area contributed by atoms with Crippen molar-refractivity contribution in [1.82, 2.24) is 49.5 Å². The third-order valence-electron chi connectivity index (χ3n) is 17.5. The van der Waals surface area contributed by atoms with Crippen molar-refractivity contribution in [1.29, 1.82) is 0 Å². The smallest absolute Gasteiger partial charge is 0.324 e. The Hall–Kier alpha value is -10.3. The standard InChI is InChI=1S/C40H48N8O3.C33H33ClN6O3.C7H16N2O/c1-6-19-46-20-22-47(23-21-46)26-38(49)43-36-24-29(17-18-41-36)27-51-34-16-15-33(31-9-7-8-10-32(31)34)42-39(50)44-37-25-35(40(3,4)5)45-48(37)30-13-11-28(2)12-14-30;1-21-9-11-23(12-10-21)40-30(18-28(39-40)33(2,3)4)38-32(42)36-26-13-14-27(25-8-6-5-7-24(25)26)43-20-22-15-16-35-29(17-22)37-31(41)19-34;1-10-7-6-9-4-2-8-3-5-9/h7-18,24-25H,6,19-23,26-27H2,1-5H3,(H,41,43,49)(H2,42,44,50);5-18H,19-20H2,1-4H3,(H,35,37,41)(H2,36,38,42);8H,2-7H2,1H3. The number of nitrogens with one attached hydrogen (secondary N) is 7. The largest absolute Gasteiger partial charge is 0.488 e. The molecular weight excluding hydrogens is 1330 g/mol. The van der Waals surface area contributed by atoms with E-state index in [1.807, 2.05) is 166 Å². The molecule has 24 heteroatoms. The van der Waals surface area contributed by atoms with E-state index in [0.29, 0.717) is 52.7 Å². The number of rotatable bonds is 22. The molecule has 104 heavy (non-hydrogen) atoms. The van der Waals surface area contributed by atoms with Crippen LogP contribution >= 0.6 is 11.6 Å². The number of hydrogen-bond acceptors (Lipinski definition) is 15. The highest BCUT2D eigenvalue weighted by Crippen LogP contribution is 2.36. The second-order valence-corrected chi connectivity index (χ2v) is 28.2. The van der Waals surface area contributed by atoms with Crippen LogP contribution in [0.15, 0.2) is 170 Å². The second-order valence-electron chi connectivity index (χ2n) is 27.9. The van der Waals surface area contributed by atoms with E-state index >= 15 is 0 Å². The Kier molecular flexibility index (Phi) is 26.6. The number of ether oxygens (including phenoxy) is 3. The summed E-state index contributed by atoms with van der Waals surface area (Å²) in [6.45, 7) is 31.1. The van der Waals surface area contributed by atoms with Crippen molar-refractivity contribution in [3.05, 3.63) is 204 Å². The topological polar surface area (TPSA) is 251 Å². The highest BCUT2D eigenvalue weighted by Gasteiger charge is 2.25. The molecular formula is C80H97ClN16O7. The van der Waals surface area contributed by atoms with Crippen LogP contribution in [0.25, 0.3) is 32.9 Å². The van der Waals surface area contributed by atoms with Gasteiger partial charge in [-0.2, -0.15) is 10.2 Å². The fraction of sp³-hybridized carbons (Fsp3) is 0.350. The number of carbonyl (C=O) groups excluding carboxylic acids is 4. The number of carbonyl (C=O) groups is 4. The number of aromatic nitrogens is 6. The van der Waals surface area contributed by atoms with Crippen molar-refractivity contribution in [2.75, 3.05) is 123 Å². The van der Waals surface area contributed by atoms with Gasteiger partial charge >= 0.3 is 12.1 Å². The van der Waals surface area contributed by atoms with Crippen molar-refractivity contribution in [3.63, 3.8) is 0 Å². The van der Waals surface area contributed by atoms with Gasteiger partial charge in [0.05, 0.1) is 47.3 Å². The first-order valence-corrected chi connectivity index (χ1v) is 35.9. The quantitative estimate of drug-likeness (QED) is 0.0312. The van der Waals surface area contributed by atoms with E-state index in [-0.39, 0.29) is 47.8 Å². The summed E-state index contributed by atoms with van der Waals surface area (Å²) in [6, 6.07) is 49.1. The van der Waals surface area contributed by atoms with Crippen LogP contribution in [-0.4, -0.2) is 160 Å². The number of hydrogen-bond donors (Lipinski definition) is 7. The number of piperazine rings is 2. The predicted molar refractivity (Wildman–Crippen MR) is 417 cm³/mol. The Balaban J connectivity index is 0.000000199. The maximum absolute atomic E-state index is 13.4. The lowest BCUT2D eigenvalue weighted by molar-refractivity contribution is -0.117. The fourth-order valence-corrected chi connectivity index (χ4v) is 11.8. The molecule has 7 N–H and O–H groups in total. The van der Waals surface area contributed by atoms with Gasteiger partial charge in [0, 0.05) is 123 Å². The minimum Gasteiger partial charge on any atom is -0.488 e. The zero-order valence-corrected chi connectivity index (χ0v) is 62.0. The molecule has 6 amide bonds. The van der Waals surface area contributed by atoms with E-state index in [1.165, 1.54) is 13.1 Å². The van der Waals surface area contributed by atoms with Crippen molar-refractivity contribution < 1.29 is 33.4 Å². The normalized spacial score (nSPS) is 13.6. The Labute approximate surface area is 614 Å². The molecule has 2 fully saturated rings. The van der Waals surface area contributed by atoms with Gasteiger partial charge in [-0.1, -0.05) is 132 Å². The summed E-state index contributed by atoms with van der Waals surface area (Å²) in [6.07, 6.45) is 4.42. The number of nitrogens with zero attached hydrogens (tertiary/aromatic N) is 9. The monoisotopic (exact) mass is 1430 g/mol. The molecule has 2 aliphatic heterocycles. The number of urea groups is 2. The first kappa shape index (κ1) is 76.4. The predicted octanol–water partition coefficient (Wildman–Crippen LogP) is 14.2. The number of pyridine rings is 2. The molecule has 0 aliphatic carbocycles.